The third-order valence-electron chi connectivity index (χ3n) is 6.36. The normalized spacial score (nSPS) is 14.1. The Labute approximate surface area is 198 Å². The molecule has 0 atom stereocenters. The standard InChI is InChI=1S/C25H30N8O/c1-34-20-9-5-4-8-18(20)19-11-10-16(14-28-19)15-29-23-22-24(32-25(27)31-23)33(17-6-2-3-7-17)21(30-22)12-13-26/h4-5,8-11,14,17H,2-3,6-7,12-13,15,26H2,1H3,(H3,27,29,31,32). The van der Waals surface area contributed by atoms with E-state index in [0.29, 0.717) is 31.4 Å². The lowest BCUT2D eigenvalue weighted by atomic mass is 10.1. The highest BCUT2D eigenvalue weighted by Crippen LogP contribution is 2.35. The highest BCUT2D eigenvalue weighted by atomic mass is 16.5. The third kappa shape index (κ3) is 4.26. The topological polar surface area (TPSA) is 130 Å². The van der Waals surface area contributed by atoms with Crippen LogP contribution in [0.2, 0.25) is 0 Å². The molecule has 4 aromatic rings. The number of anilines is 2. The number of hydrogen-bond donors (Lipinski definition) is 3. The Kier molecular flexibility index (Phi) is 6.27. The number of benzene rings is 1. The van der Waals surface area contributed by atoms with Gasteiger partial charge in [0, 0.05) is 30.8 Å². The van der Waals surface area contributed by atoms with Crippen LogP contribution in [0.5, 0.6) is 5.75 Å². The van der Waals surface area contributed by atoms with Gasteiger partial charge in [0.05, 0.1) is 12.8 Å². The first-order chi connectivity index (χ1) is 16.7. The Morgan fingerprint density at radius 1 is 1.09 bits per heavy atom. The minimum absolute atomic E-state index is 0.234. The van der Waals surface area contributed by atoms with Gasteiger partial charge in [-0.1, -0.05) is 31.0 Å². The van der Waals surface area contributed by atoms with Crippen molar-refractivity contribution < 1.29 is 4.74 Å². The summed E-state index contributed by atoms with van der Waals surface area (Å²) in [7, 11) is 1.66. The zero-order valence-corrected chi connectivity index (χ0v) is 19.4. The molecule has 176 valence electrons. The van der Waals surface area contributed by atoms with Crippen molar-refractivity contribution in [1.29, 1.82) is 0 Å². The van der Waals surface area contributed by atoms with E-state index in [1.807, 2.05) is 42.6 Å². The van der Waals surface area contributed by atoms with Crippen molar-refractivity contribution in [3.8, 4) is 17.0 Å². The van der Waals surface area contributed by atoms with Gasteiger partial charge < -0.3 is 26.1 Å². The van der Waals surface area contributed by atoms with Gasteiger partial charge in [-0.3, -0.25) is 4.98 Å². The van der Waals surface area contributed by atoms with Crippen molar-refractivity contribution in [3.05, 3.63) is 54.0 Å². The van der Waals surface area contributed by atoms with E-state index >= 15 is 0 Å². The predicted octanol–water partition coefficient (Wildman–Crippen LogP) is 3.71. The lowest BCUT2D eigenvalue weighted by molar-refractivity contribution is 0.416. The summed E-state index contributed by atoms with van der Waals surface area (Å²) in [6.45, 7) is 1.07. The van der Waals surface area contributed by atoms with Crippen molar-refractivity contribution in [2.75, 3.05) is 24.7 Å². The molecule has 1 aliphatic carbocycles. The summed E-state index contributed by atoms with van der Waals surface area (Å²) in [5, 5.41) is 3.40. The van der Waals surface area contributed by atoms with E-state index in [4.69, 9.17) is 21.2 Å². The number of hydrogen-bond acceptors (Lipinski definition) is 8. The summed E-state index contributed by atoms with van der Waals surface area (Å²) in [5.74, 6) is 2.62. The molecule has 34 heavy (non-hydrogen) atoms. The molecule has 3 heterocycles. The highest BCUT2D eigenvalue weighted by molar-refractivity contribution is 5.85. The second-order valence-electron chi connectivity index (χ2n) is 8.58. The largest absolute Gasteiger partial charge is 0.496 e. The summed E-state index contributed by atoms with van der Waals surface area (Å²) in [6.07, 6.45) is 7.24. The lowest BCUT2D eigenvalue weighted by Gasteiger charge is -2.15. The number of rotatable bonds is 8. The average molecular weight is 459 g/mol. The van der Waals surface area contributed by atoms with E-state index in [9.17, 15) is 0 Å². The molecule has 9 nitrogen and oxygen atoms in total. The minimum Gasteiger partial charge on any atom is -0.496 e. The molecule has 1 aliphatic rings. The maximum absolute atomic E-state index is 6.10. The van der Waals surface area contributed by atoms with Gasteiger partial charge in [-0.15, -0.1) is 0 Å². The van der Waals surface area contributed by atoms with Crippen LogP contribution in [-0.2, 0) is 13.0 Å². The zero-order valence-electron chi connectivity index (χ0n) is 19.4. The van der Waals surface area contributed by atoms with Crippen LogP contribution in [0.25, 0.3) is 22.4 Å². The van der Waals surface area contributed by atoms with Crippen molar-refractivity contribution >= 4 is 22.9 Å². The fourth-order valence-electron chi connectivity index (χ4n) is 4.74. The molecule has 1 saturated carbocycles. The van der Waals surface area contributed by atoms with Gasteiger partial charge in [0.2, 0.25) is 5.95 Å². The van der Waals surface area contributed by atoms with E-state index in [-0.39, 0.29) is 5.95 Å². The maximum atomic E-state index is 6.10. The van der Waals surface area contributed by atoms with Crippen LogP contribution in [0, 0.1) is 0 Å². The van der Waals surface area contributed by atoms with E-state index in [1.165, 1.54) is 12.8 Å². The number of pyridine rings is 1. The van der Waals surface area contributed by atoms with Crippen molar-refractivity contribution in [1.82, 2.24) is 24.5 Å². The van der Waals surface area contributed by atoms with Gasteiger partial charge in [-0.25, -0.2) is 4.98 Å². The summed E-state index contributed by atoms with van der Waals surface area (Å²) in [6, 6.07) is 12.3. The predicted molar refractivity (Wildman–Crippen MR) is 134 cm³/mol. The molecule has 0 unspecified atom stereocenters. The first-order valence-electron chi connectivity index (χ1n) is 11.7. The van der Waals surface area contributed by atoms with Crippen LogP contribution >= 0.6 is 0 Å². The Bertz CT molecular complexity index is 1280. The smallest absolute Gasteiger partial charge is 0.224 e. The van der Waals surface area contributed by atoms with E-state index in [1.54, 1.807) is 7.11 Å². The van der Waals surface area contributed by atoms with Gasteiger partial charge in [-0.2, -0.15) is 9.97 Å². The number of nitrogens with two attached hydrogens (primary N) is 2. The molecule has 0 aliphatic heterocycles. The first kappa shape index (κ1) is 22.1. The molecule has 0 bridgehead atoms. The SMILES string of the molecule is COc1ccccc1-c1ccc(CNc2nc(N)nc3c2nc(CCN)n3C2CCCC2)cn1. The Balaban J connectivity index is 1.41. The summed E-state index contributed by atoms with van der Waals surface area (Å²) in [5.41, 5.74) is 16.3. The molecule has 0 saturated heterocycles. The monoisotopic (exact) mass is 458 g/mol. The number of nitrogen functional groups attached to an aromatic ring is 1. The molecule has 5 N–H and O–H groups in total. The first-order valence-corrected chi connectivity index (χ1v) is 11.7. The summed E-state index contributed by atoms with van der Waals surface area (Å²) in [4.78, 5) is 18.5. The van der Waals surface area contributed by atoms with E-state index < -0.39 is 0 Å². The number of nitrogens with zero attached hydrogens (tertiary/aromatic N) is 5. The third-order valence-corrected chi connectivity index (χ3v) is 6.36. The zero-order chi connectivity index (χ0) is 23.5. The number of aromatic nitrogens is 5. The molecule has 0 spiro atoms. The number of imidazole rings is 1. The second-order valence-corrected chi connectivity index (χ2v) is 8.58. The Morgan fingerprint density at radius 3 is 2.65 bits per heavy atom. The number of fused-ring (bicyclic) bond motifs is 1. The quantitative estimate of drug-likeness (QED) is 0.364. The molecule has 3 aromatic heterocycles. The van der Waals surface area contributed by atoms with Gasteiger partial charge in [-0.05, 0) is 43.1 Å². The van der Waals surface area contributed by atoms with Crippen molar-refractivity contribution in [2.45, 2.75) is 44.7 Å². The van der Waals surface area contributed by atoms with Crippen LogP contribution < -0.4 is 21.5 Å². The Hall–Kier alpha value is -3.72. The average Bonchev–Trinajstić information content (AvgIpc) is 3.51. The highest BCUT2D eigenvalue weighted by Gasteiger charge is 2.25. The molecule has 0 radical (unpaired) electrons. The fourth-order valence-corrected chi connectivity index (χ4v) is 4.74. The molecular weight excluding hydrogens is 428 g/mol. The van der Waals surface area contributed by atoms with Crippen molar-refractivity contribution in [3.63, 3.8) is 0 Å². The molecule has 1 fully saturated rings. The van der Waals surface area contributed by atoms with Crippen LogP contribution in [0.3, 0.4) is 0 Å². The minimum atomic E-state index is 0.234. The summed E-state index contributed by atoms with van der Waals surface area (Å²) >= 11 is 0. The molecule has 0 amide bonds. The van der Waals surface area contributed by atoms with E-state index in [2.05, 4.69) is 24.8 Å². The van der Waals surface area contributed by atoms with Crippen LogP contribution in [0.1, 0.15) is 43.1 Å². The lowest BCUT2D eigenvalue weighted by Crippen LogP contribution is -2.14. The molecule has 1 aromatic carbocycles. The number of nitrogens with one attached hydrogen (secondary N) is 1. The molecule has 5 rings (SSSR count). The second kappa shape index (κ2) is 9.64. The number of para-hydroxylation sites is 1. The fraction of sp³-hybridized carbons (Fsp3) is 0.360. The van der Waals surface area contributed by atoms with Crippen LogP contribution in [-0.4, -0.2) is 38.2 Å². The molecular formula is C25H30N8O. The van der Waals surface area contributed by atoms with Crippen molar-refractivity contribution in [2.24, 2.45) is 5.73 Å². The van der Waals surface area contributed by atoms with Gasteiger partial charge >= 0.3 is 0 Å². The number of ether oxygens (including phenoxy) is 1. The summed E-state index contributed by atoms with van der Waals surface area (Å²) < 4.78 is 7.70. The van der Waals surface area contributed by atoms with E-state index in [0.717, 1.165) is 52.4 Å². The van der Waals surface area contributed by atoms with Crippen LogP contribution in [0.15, 0.2) is 42.6 Å². The van der Waals surface area contributed by atoms with Gasteiger partial charge in [0.15, 0.2) is 17.0 Å². The van der Waals surface area contributed by atoms with Crippen LogP contribution in [0.4, 0.5) is 11.8 Å². The van der Waals surface area contributed by atoms with Gasteiger partial charge in [0.25, 0.3) is 0 Å². The number of methoxy groups -OCH3 is 1. The van der Waals surface area contributed by atoms with Gasteiger partial charge in [0.1, 0.15) is 11.6 Å². The maximum Gasteiger partial charge on any atom is 0.224 e. The Morgan fingerprint density at radius 2 is 1.91 bits per heavy atom. The molecule has 9 heteroatoms.